The highest BCUT2D eigenvalue weighted by molar-refractivity contribution is 7.99. The van der Waals surface area contributed by atoms with Crippen LogP contribution in [0, 0.1) is 19.8 Å². The summed E-state index contributed by atoms with van der Waals surface area (Å²) in [6, 6.07) is 0.454. The number of piperidine rings is 1. The minimum absolute atomic E-state index is 0.0122. The number of hydrogen-bond donors (Lipinski definition) is 1. The van der Waals surface area contributed by atoms with Gasteiger partial charge in [-0.2, -0.15) is 0 Å². The zero-order valence-electron chi connectivity index (χ0n) is 17.6. The second-order valence-corrected chi connectivity index (χ2v) is 9.39. The fourth-order valence-electron chi connectivity index (χ4n) is 4.20. The average Bonchev–Trinajstić information content (AvgIpc) is 3.35. The lowest BCUT2D eigenvalue weighted by atomic mass is 10.00. The molecule has 2 aliphatic rings. The van der Waals surface area contributed by atoms with Gasteiger partial charge in [0.1, 0.15) is 0 Å². The molecule has 0 atom stereocenters. The first-order valence-corrected chi connectivity index (χ1v) is 11.4. The van der Waals surface area contributed by atoms with Crippen molar-refractivity contribution in [2.24, 2.45) is 5.92 Å². The second kappa shape index (κ2) is 7.97. The van der Waals surface area contributed by atoms with E-state index >= 15 is 0 Å². The first-order valence-electron chi connectivity index (χ1n) is 10.4. The molecule has 3 heterocycles. The number of anilines is 1. The van der Waals surface area contributed by atoms with E-state index in [0.29, 0.717) is 17.3 Å². The number of Topliss-reactive ketones (excluding diaryl/α,β-unsaturated/α-hetero) is 2. The fraction of sp³-hybridized carbons (Fsp3) is 0.619. The molecular formula is C21H29N5O2S. The summed E-state index contributed by atoms with van der Waals surface area (Å²) < 4.78 is 2.24. The fourth-order valence-corrected chi connectivity index (χ4v) is 5.08. The van der Waals surface area contributed by atoms with Crippen molar-refractivity contribution in [2.75, 3.05) is 23.7 Å². The Balaban J connectivity index is 1.50. The van der Waals surface area contributed by atoms with E-state index < -0.39 is 0 Å². The number of aromatic amines is 1. The maximum absolute atomic E-state index is 12.8. The van der Waals surface area contributed by atoms with Gasteiger partial charge >= 0.3 is 0 Å². The van der Waals surface area contributed by atoms with Gasteiger partial charge in [0.2, 0.25) is 5.95 Å². The van der Waals surface area contributed by atoms with Crippen molar-refractivity contribution in [3.8, 4) is 0 Å². The van der Waals surface area contributed by atoms with Crippen molar-refractivity contribution in [1.29, 1.82) is 0 Å². The first-order chi connectivity index (χ1) is 13.9. The number of nitrogens with zero attached hydrogens (tertiary/aromatic N) is 4. The number of ketones is 2. The summed E-state index contributed by atoms with van der Waals surface area (Å²) in [7, 11) is 0. The molecule has 0 amide bonds. The van der Waals surface area contributed by atoms with Crippen molar-refractivity contribution in [3.63, 3.8) is 0 Å². The number of hydrogen-bond acceptors (Lipinski definition) is 6. The van der Waals surface area contributed by atoms with E-state index in [1.165, 1.54) is 31.5 Å². The monoisotopic (exact) mass is 415 g/mol. The molecule has 4 rings (SSSR count). The van der Waals surface area contributed by atoms with Gasteiger partial charge in [0.25, 0.3) is 0 Å². The largest absolute Gasteiger partial charge is 0.355 e. The molecule has 2 fully saturated rings. The smallest absolute Gasteiger partial charge is 0.228 e. The SMILES string of the molecule is CC(=O)c1c(C)[nH]c(C(=O)CSc2nnc(N3CCC(C)CC3)n2C2CC2)c1C. The van der Waals surface area contributed by atoms with Crippen molar-refractivity contribution in [3.05, 3.63) is 22.5 Å². The Bertz CT molecular complexity index is 935. The van der Waals surface area contributed by atoms with Crippen molar-refractivity contribution in [2.45, 2.75) is 64.6 Å². The lowest BCUT2D eigenvalue weighted by Gasteiger charge is -2.31. The van der Waals surface area contributed by atoms with Gasteiger partial charge in [-0.05, 0) is 57.9 Å². The maximum atomic E-state index is 12.8. The molecular weight excluding hydrogens is 386 g/mol. The van der Waals surface area contributed by atoms with Gasteiger partial charge in [-0.25, -0.2) is 0 Å². The molecule has 0 unspecified atom stereocenters. The Kier molecular flexibility index (Phi) is 5.55. The lowest BCUT2D eigenvalue weighted by Crippen LogP contribution is -2.34. The summed E-state index contributed by atoms with van der Waals surface area (Å²) in [5, 5.41) is 9.74. The molecule has 1 N–H and O–H groups in total. The summed E-state index contributed by atoms with van der Waals surface area (Å²) in [6.45, 7) is 9.54. The standard InChI is InChI=1S/C21H29N5O2S/c1-12-7-9-25(10-8-12)20-23-24-21(26(20)16-5-6-16)29-11-17(28)19-13(2)18(15(4)27)14(3)22-19/h12,16,22H,5-11H2,1-4H3. The zero-order chi connectivity index (χ0) is 20.7. The maximum Gasteiger partial charge on any atom is 0.228 e. The third-order valence-corrected chi connectivity index (χ3v) is 6.97. The van der Waals surface area contributed by atoms with Crippen LogP contribution in [-0.2, 0) is 0 Å². The van der Waals surface area contributed by atoms with Gasteiger partial charge in [-0.1, -0.05) is 18.7 Å². The number of thioether (sulfide) groups is 1. The number of rotatable bonds is 7. The Morgan fingerprint density at radius 2 is 1.83 bits per heavy atom. The topological polar surface area (TPSA) is 83.9 Å². The number of aromatic nitrogens is 4. The van der Waals surface area contributed by atoms with Gasteiger partial charge in [-0.3, -0.25) is 14.2 Å². The average molecular weight is 416 g/mol. The predicted octanol–water partition coefficient (Wildman–Crippen LogP) is 3.97. The van der Waals surface area contributed by atoms with E-state index in [1.54, 1.807) is 0 Å². The highest BCUT2D eigenvalue weighted by Crippen LogP contribution is 2.41. The van der Waals surface area contributed by atoms with Crippen LogP contribution in [-0.4, -0.2) is 50.2 Å². The Hall–Kier alpha value is -2.09. The molecule has 7 nitrogen and oxygen atoms in total. The minimum Gasteiger partial charge on any atom is -0.355 e. The van der Waals surface area contributed by atoms with Crippen LogP contribution in [0.2, 0.25) is 0 Å². The van der Waals surface area contributed by atoms with Crippen LogP contribution in [0.5, 0.6) is 0 Å². The molecule has 1 aliphatic heterocycles. The van der Waals surface area contributed by atoms with Gasteiger partial charge in [0.05, 0.1) is 11.4 Å². The highest BCUT2D eigenvalue weighted by atomic mass is 32.2. The van der Waals surface area contributed by atoms with Crippen LogP contribution in [0.4, 0.5) is 5.95 Å². The first kappa shape index (κ1) is 20.2. The molecule has 1 saturated carbocycles. The third kappa shape index (κ3) is 3.99. The molecule has 0 spiro atoms. The van der Waals surface area contributed by atoms with E-state index in [-0.39, 0.29) is 17.3 Å². The molecule has 1 saturated heterocycles. The van der Waals surface area contributed by atoms with Crippen LogP contribution >= 0.6 is 11.8 Å². The predicted molar refractivity (Wildman–Crippen MR) is 114 cm³/mol. The molecule has 29 heavy (non-hydrogen) atoms. The van der Waals surface area contributed by atoms with Crippen LogP contribution in [0.15, 0.2) is 5.16 Å². The van der Waals surface area contributed by atoms with E-state index in [0.717, 1.165) is 54.2 Å². The van der Waals surface area contributed by atoms with Crippen LogP contribution in [0.25, 0.3) is 0 Å². The number of carbonyl (C=O) groups is 2. The number of aryl methyl sites for hydroxylation is 1. The van der Waals surface area contributed by atoms with Crippen molar-refractivity contribution in [1.82, 2.24) is 19.7 Å². The van der Waals surface area contributed by atoms with Gasteiger partial charge in [-0.15, -0.1) is 10.2 Å². The summed E-state index contributed by atoms with van der Waals surface area (Å²) in [4.78, 5) is 30.1. The second-order valence-electron chi connectivity index (χ2n) is 8.45. The zero-order valence-corrected chi connectivity index (χ0v) is 18.4. The Morgan fingerprint density at radius 3 is 2.41 bits per heavy atom. The van der Waals surface area contributed by atoms with Gasteiger partial charge < -0.3 is 9.88 Å². The summed E-state index contributed by atoms with van der Waals surface area (Å²) in [5.41, 5.74) is 2.66. The summed E-state index contributed by atoms with van der Waals surface area (Å²) in [6.07, 6.45) is 4.66. The van der Waals surface area contributed by atoms with Gasteiger partial charge in [0, 0.05) is 30.4 Å². The molecule has 2 aromatic rings. The van der Waals surface area contributed by atoms with Crippen LogP contribution in [0.3, 0.4) is 0 Å². The van der Waals surface area contributed by atoms with E-state index in [2.05, 4.69) is 31.6 Å². The highest BCUT2D eigenvalue weighted by Gasteiger charge is 2.33. The number of nitrogens with one attached hydrogen (secondary N) is 1. The minimum atomic E-state index is -0.0167. The molecule has 2 aromatic heterocycles. The Morgan fingerprint density at radius 1 is 1.14 bits per heavy atom. The molecule has 0 aromatic carbocycles. The summed E-state index contributed by atoms with van der Waals surface area (Å²) >= 11 is 1.44. The van der Waals surface area contributed by atoms with Crippen molar-refractivity contribution < 1.29 is 9.59 Å². The molecule has 8 heteroatoms. The quantitative estimate of drug-likeness (QED) is 0.544. The number of carbonyl (C=O) groups excluding carboxylic acids is 2. The Labute approximate surface area is 175 Å². The number of H-pyrrole nitrogens is 1. The van der Waals surface area contributed by atoms with Crippen molar-refractivity contribution >= 4 is 29.3 Å². The molecule has 1 aliphatic carbocycles. The van der Waals surface area contributed by atoms with E-state index in [1.807, 2.05) is 13.8 Å². The molecule has 0 bridgehead atoms. The van der Waals surface area contributed by atoms with Gasteiger partial charge in [0.15, 0.2) is 16.7 Å². The lowest BCUT2D eigenvalue weighted by molar-refractivity contribution is 0.101. The third-order valence-electron chi connectivity index (χ3n) is 6.03. The van der Waals surface area contributed by atoms with E-state index in [9.17, 15) is 9.59 Å². The van der Waals surface area contributed by atoms with Crippen LogP contribution < -0.4 is 4.90 Å². The molecule has 156 valence electrons. The van der Waals surface area contributed by atoms with Crippen LogP contribution in [0.1, 0.15) is 77.7 Å². The molecule has 0 radical (unpaired) electrons. The summed E-state index contributed by atoms with van der Waals surface area (Å²) in [5.74, 6) is 1.97. The normalized spacial score (nSPS) is 17.7. The van der Waals surface area contributed by atoms with E-state index in [4.69, 9.17) is 0 Å².